The predicted molar refractivity (Wildman–Crippen MR) is 97.9 cm³/mol. The molecule has 2 aromatic heterocycles. The van der Waals surface area contributed by atoms with Crippen LogP contribution in [0.25, 0.3) is 22.6 Å². The molecule has 1 aromatic carbocycles. The van der Waals surface area contributed by atoms with Crippen LogP contribution in [0.5, 0.6) is 0 Å². The van der Waals surface area contributed by atoms with Crippen molar-refractivity contribution in [2.75, 3.05) is 23.7 Å². The summed E-state index contributed by atoms with van der Waals surface area (Å²) in [5.41, 5.74) is 10.3. The molecular weight excluding hydrogens is 317 g/mol. The fraction of sp³-hybridized carbons (Fsp3) is 0.263. The normalized spacial score (nSPS) is 13.3. The Morgan fingerprint density at radius 1 is 1.16 bits per heavy atom. The summed E-state index contributed by atoms with van der Waals surface area (Å²) in [4.78, 5) is 11.7. The quantitative estimate of drug-likeness (QED) is 0.743. The molecule has 128 valence electrons. The van der Waals surface area contributed by atoms with Gasteiger partial charge in [-0.15, -0.1) is 0 Å². The lowest BCUT2D eigenvalue weighted by molar-refractivity contribution is 0.632. The molecular formula is C19H20FN5. The zero-order valence-corrected chi connectivity index (χ0v) is 14.3. The molecule has 2 N–H and O–H groups in total. The number of nitrogens with zero attached hydrogens (tertiary/aromatic N) is 4. The number of anilines is 2. The Labute approximate surface area is 145 Å². The van der Waals surface area contributed by atoms with E-state index >= 15 is 0 Å². The van der Waals surface area contributed by atoms with E-state index in [1.54, 1.807) is 12.1 Å². The minimum atomic E-state index is -0.407. The van der Waals surface area contributed by atoms with E-state index in [0.29, 0.717) is 0 Å². The Morgan fingerprint density at radius 2 is 2.00 bits per heavy atom. The number of benzene rings is 1. The molecule has 1 aliphatic heterocycles. The van der Waals surface area contributed by atoms with Gasteiger partial charge in [-0.25, -0.2) is 9.37 Å². The smallest absolute Gasteiger partial charge is 0.206 e. The summed E-state index contributed by atoms with van der Waals surface area (Å²) in [7, 11) is 0. The number of hydrogen-bond acceptors (Lipinski definition) is 4. The number of fused-ring (bicyclic) bond motifs is 1. The second-order valence-electron chi connectivity index (χ2n) is 6.24. The Morgan fingerprint density at radius 3 is 2.72 bits per heavy atom. The Balaban J connectivity index is 1.96. The van der Waals surface area contributed by atoms with Crippen molar-refractivity contribution >= 4 is 11.6 Å². The van der Waals surface area contributed by atoms with Crippen LogP contribution in [0, 0.1) is 12.7 Å². The van der Waals surface area contributed by atoms with Crippen LogP contribution in [-0.2, 0) is 6.54 Å². The van der Waals surface area contributed by atoms with Crippen LogP contribution in [0.2, 0.25) is 0 Å². The van der Waals surface area contributed by atoms with E-state index < -0.39 is 5.82 Å². The summed E-state index contributed by atoms with van der Waals surface area (Å²) >= 11 is 0. The number of aryl methyl sites for hydroxylation is 1. The summed E-state index contributed by atoms with van der Waals surface area (Å²) < 4.78 is 15.8. The third-order valence-electron chi connectivity index (χ3n) is 4.61. The minimum absolute atomic E-state index is 0.140. The number of nitrogens with two attached hydrogens (primary N) is 1. The van der Waals surface area contributed by atoms with Crippen molar-refractivity contribution in [3.8, 4) is 22.6 Å². The lowest BCUT2D eigenvalue weighted by Crippen LogP contribution is -2.20. The van der Waals surface area contributed by atoms with Gasteiger partial charge in [0.05, 0.1) is 17.1 Å². The van der Waals surface area contributed by atoms with Gasteiger partial charge in [0.15, 0.2) is 0 Å². The number of aromatic nitrogens is 3. The lowest BCUT2D eigenvalue weighted by atomic mass is 10.1. The average Bonchev–Trinajstić information content (AvgIpc) is 3.16. The van der Waals surface area contributed by atoms with Crippen LogP contribution in [-0.4, -0.2) is 27.6 Å². The summed E-state index contributed by atoms with van der Waals surface area (Å²) in [6.45, 7) is 6.73. The second kappa shape index (κ2) is 5.88. The van der Waals surface area contributed by atoms with Crippen molar-refractivity contribution in [2.24, 2.45) is 0 Å². The molecule has 6 heteroatoms. The average molecular weight is 337 g/mol. The minimum Gasteiger partial charge on any atom is -0.396 e. The van der Waals surface area contributed by atoms with Gasteiger partial charge in [-0.3, -0.25) is 4.98 Å². The largest absolute Gasteiger partial charge is 0.396 e. The number of imidazole rings is 1. The highest BCUT2D eigenvalue weighted by atomic mass is 19.1. The van der Waals surface area contributed by atoms with Gasteiger partial charge in [0, 0.05) is 30.9 Å². The van der Waals surface area contributed by atoms with Crippen molar-refractivity contribution in [3.63, 3.8) is 0 Å². The van der Waals surface area contributed by atoms with Crippen LogP contribution < -0.4 is 10.6 Å². The van der Waals surface area contributed by atoms with Gasteiger partial charge < -0.3 is 15.2 Å². The molecule has 25 heavy (non-hydrogen) atoms. The summed E-state index contributed by atoms with van der Waals surface area (Å²) in [6, 6.07) is 10.7. The Bertz CT molecular complexity index is 947. The number of rotatable bonds is 3. The molecule has 0 bridgehead atoms. The molecule has 3 heterocycles. The van der Waals surface area contributed by atoms with Crippen molar-refractivity contribution in [1.29, 1.82) is 0 Å². The van der Waals surface area contributed by atoms with E-state index in [1.165, 1.54) is 6.07 Å². The van der Waals surface area contributed by atoms with Crippen molar-refractivity contribution in [2.45, 2.75) is 20.4 Å². The molecule has 0 amide bonds. The lowest BCUT2D eigenvalue weighted by Gasteiger charge is -2.11. The number of halogens is 1. The van der Waals surface area contributed by atoms with Crippen LogP contribution in [0.4, 0.5) is 16.0 Å². The van der Waals surface area contributed by atoms with Gasteiger partial charge in [-0.1, -0.05) is 6.07 Å². The second-order valence-corrected chi connectivity index (χ2v) is 6.24. The van der Waals surface area contributed by atoms with Crippen LogP contribution in [0.3, 0.4) is 0 Å². The molecule has 4 rings (SSSR count). The Hall–Kier alpha value is -2.89. The summed E-state index contributed by atoms with van der Waals surface area (Å²) in [5.74, 6) is 0.522. The molecule has 0 saturated heterocycles. The fourth-order valence-corrected chi connectivity index (χ4v) is 3.35. The monoisotopic (exact) mass is 337 g/mol. The maximum Gasteiger partial charge on any atom is 0.206 e. The maximum absolute atomic E-state index is 13.6. The van der Waals surface area contributed by atoms with Crippen LogP contribution >= 0.6 is 0 Å². The van der Waals surface area contributed by atoms with Gasteiger partial charge in [0.2, 0.25) is 5.95 Å². The van der Waals surface area contributed by atoms with E-state index in [2.05, 4.69) is 21.4 Å². The molecule has 0 saturated carbocycles. The van der Waals surface area contributed by atoms with Crippen LogP contribution in [0.15, 0.2) is 36.4 Å². The number of pyridine rings is 1. The number of hydrogen-bond donors (Lipinski definition) is 1. The summed E-state index contributed by atoms with van der Waals surface area (Å²) in [5, 5.41) is 0. The van der Waals surface area contributed by atoms with Crippen LogP contribution in [0.1, 0.15) is 12.6 Å². The van der Waals surface area contributed by atoms with E-state index in [4.69, 9.17) is 10.7 Å². The van der Waals surface area contributed by atoms with Crippen molar-refractivity contribution < 1.29 is 4.39 Å². The molecule has 0 radical (unpaired) electrons. The molecule has 3 aromatic rings. The predicted octanol–water partition coefficient (Wildman–Crippen LogP) is 3.48. The van der Waals surface area contributed by atoms with E-state index in [-0.39, 0.29) is 5.69 Å². The number of likely N-dealkylation sites (N-methyl/N-ethyl adjacent to an activating group) is 1. The molecule has 0 fully saturated rings. The molecule has 5 nitrogen and oxygen atoms in total. The number of nitrogen functional groups attached to an aromatic ring is 1. The molecule has 0 atom stereocenters. The first-order valence-electron chi connectivity index (χ1n) is 8.43. The van der Waals surface area contributed by atoms with E-state index in [0.717, 1.165) is 53.9 Å². The standard InChI is InChI=1S/C19H20FN5/c1-3-24-9-10-25-18(13-7-8-14(20)15(21)11-13)17(23-19(24)25)16-6-4-5-12(2)22-16/h4-8,11H,3,9-10,21H2,1-2H3. The highest BCUT2D eigenvalue weighted by Crippen LogP contribution is 2.38. The first kappa shape index (κ1) is 15.6. The van der Waals surface area contributed by atoms with Gasteiger partial charge in [-0.05, 0) is 44.2 Å². The first-order valence-corrected chi connectivity index (χ1v) is 8.43. The summed E-state index contributed by atoms with van der Waals surface area (Å²) in [6.07, 6.45) is 0. The topological polar surface area (TPSA) is 60.0 Å². The third-order valence-corrected chi connectivity index (χ3v) is 4.61. The fourth-order valence-electron chi connectivity index (χ4n) is 3.35. The highest BCUT2D eigenvalue weighted by molar-refractivity contribution is 5.81. The third kappa shape index (κ3) is 2.54. The van der Waals surface area contributed by atoms with Crippen molar-refractivity contribution in [3.05, 3.63) is 47.9 Å². The highest BCUT2D eigenvalue weighted by Gasteiger charge is 2.28. The zero-order chi connectivity index (χ0) is 17.6. The van der Waals surface area contributed by atoms with Gasteiger partial charge in [-0.2, -0.15) is 0 Å². The molecule has 1 aliphatic rings. The van der Waals surface area contributed by atoms with Gasteiger partial charge in [0.1, 0.15) is 11.5 Å². The van der Waals surface area contributed by atoms with Gasteiger partial charge in [0.25, 0.3) is 0 Å². The first-order chi connectivity index (χ1) is 12.1. The molecule has 0 aliphatic carbocycles. The zero-order valence-electron chi connectivity index (χ0n) is 14.3. The SMILES string of the molecule is CCN1CCn2c1nc(-c1cccc(C)n1)c2-c1ccc(F)c(N)c1. The molecule has 0 unspecified atom stereocenters. The van der Waals surface area contributed by atoms with E-state index in [9.17, 15) is 4.39 Å². The maximum atomic E-state index is 13.6. The molecule has 0 spiro atoms. The Kier molecular flexibility index (Phi) is 3.67. The van der Waals surface area contributed by atoms with Crippen molar-refractivity contribution in [1.82, 2.24) is 14.5 Å². The van der Waals surface area contributed by atoms with E-state index in [1.807, 2.05) is 25.1 Å². The van der Waals surface area contributed by atoms with Gasteiger partial charge >= 0.3 is 0 Å².